The standard InChI is InChI=1S/C23H22N6O/c30-23(20-9-10-25-21-4-2-1-3-19(20)21)28-17-5-7-18(8-6-17)29-15-16(13-27-29)22-14-24-11-12-26-22/h1-4,9-15,17-18H,5-8H2,(H,28,30). The Hall–Kier alpha value is -3.61. The zero-order valence-corrected chi connectivity index (χ0v) is 16.5. The van der Waals surface area contributed by atoms with Crippen LogP contribution in [0.3, 0.4) is 0 Å². The Bertz CT molecular complexity index is 1160. The molecule has 0 aliphatic heterocycles. The number of rotatable bonds is 4. The van der Waals surface area contributed by atoms with Crippen molar-refractivity contribution in [1.29, 1.82) is 0 Å². The molecular weight excluding hydrogens is 376 g/mol. The predicted molar refractivity (Wildman–Crippen MR) is 114 cm³/mol. The van der Waals surface area contributed by atoms with Gasteiger partial charge in [0.1, 0.15) is 0 Å². The second kappa shape index (κ2) is 8.02. The molecule has 0 spiro atoms. The van der Waals surface area contributed by atoms with Crippen LogP contribution < -0.4 is 5.32 Å². The highest BCUT2D eigenvalue weighted by atomic mass is 16.1. The molecule has 3 aromatic heterocycles. The van der Waals surface area contributed by atoms with Gasteiger partial charge in [-0.3, -0.25) is 24.4 Å². The number of carbonyl (C=O) groups excluding carboxylic acids is 1. The number of para-hydroxylation sites is 1. The number of hydrogen-bond acceptors (Lipinski definition) is 5. The first-order valence-electron chi connectivity index (χ1n) is 10.2. The minimum atomic E-state index is -0.0268. The fraction of sp³-hybridized carbons (Fsp3) is 0.261. The highest BCUT2D eigenvalue weighted by molar-refractivity contribution is 6.06. The third kappa shape index (κ3) is 3.66. The van der Waals surface area contributed by atoms with Crippen LogP contribution in [-0.4, -0.2) is 36.7 Å². The van der Waals surface area contributed by atoms with Crippen molar-refractivity contribution in [3.63, 3.8) is 0 Å². The third-order valence-corrected chi connectivity index (χ3v) is 5.76. The van der Waals surface area contributed by atoms with E-state index in [-0.39, 0.29) is 11.9 Å². The van der Waals surface area contributed by atoms with Gasteiger partial charge in [-0.25, -0.2) is 0 Å². The summed E-state index contributed by atoms with van der Waals surface area (Å²) in [4.78, 5) is 25.7. The van der Waals surface area contributed by atoms with Gasteiger partial charge < -0.3 is 5.32 Å². The number of fused-ring (bicyclic) bond motifs is 1. The summed E-state index contributed by atoms with van der Waals surface area (Å²) in [5, 5.41) is 8.64. The molecule has 0 atom stereocenters. The molecule has 1 aliphatic rings. The SMILES string of the molecule is O=C(NC1CCC(n2cc(-c3cnccn3)cn2)CC1)c1ccnc2ccccc12. The molecule has 0 radical (unpaired) electrons. The number of aromatic nitrogens is 5. The van der Waals surface area contributed by atoms with Crippen LogP contribution in [0.15, 0.2) is 67.5 Å². The minimum absolute atomic E-state index is 0.0268. The molecule has 1 amide bonds. The van der Waals surface area contributed by atoms with E-state index in [0.29, 0.717) is 11.6 Å². The van der Waals surface area contributed by atoms with E-state index in [2.05, 4.69) is 25.4 Å². The maximum absolute atomic E-state index is 12.9. The lowest BCUT2D eigenvalue weighted by Crippen LogP contribution is -2.38. The Morgan fingerprint density at radius 2 is 1.83 bits per heavy atom. The average molecular weight is 398 g/mol. The second-order valence-electron chi connectivity index (χ2n) is 7.65. The van der Waals surface area contributed by atoms with Gasteiger partial charge in [0.15, 0.2) is 0 Å². The zero-order chi connectivity index (χ0) is 20.3. The molecule has 4 aromatic rings. The summed E-state index contributed by atoms with van der Waals surface area (Å²) in [6, 6.07) is 10.0. The molecule has 7 nitrogen and oxygen atoms in total. The Morgan fingerprint density at radius 3 is 2.67 bits per heavy atom. The largest absolute Gasteiger partial charge is 0.349 e. The topological polar surface area (TPSA) is 85.6 Å². The highest BCUT2D eigenvalue weighted by Gasteiger charge is 2.25. The fourth-order valence-electron chi connectivity index (χ4n) is 4.16. The molecule has 1 aromatic carbocycles. The Balaban J connectivity index is 1.22. The number of pyridine rings is 1. The predicted octanol–water partition coefficient (Wildman–Crippen LogP) is 3.80. The molecule has 0 saturated heterocycles. The number of benzene rings is 1. The maximum Gasteiger partial charge on any atom is 0.252 e. The molecule has 150 valence electrons. The Morgan fingerprint density at radius 1 is 0.967 bits per heavy atom. The summed E-state index contributed by atoms with van der Waals surface area (Å²) < 4.78 is 2.03. The van der Waals surface area contributed by atoms with Crippen LogP contribution in [0.5, 0.6) is 0 Å². The van der Waals surface area contributed by atoms with E-state index in [1.165, 1.54) is 0 Å². The first-order chi connectivity index (χ1) is 14.8. The smallest absolute Gasteiger partial charge is 0.252 e. The summed E-state index contributed by atoms with van der Waals surface area (Å²) >= 11 is 0. The molecule has 3 heterocycles. The van der Waals surface area contributed by atoms with Gasteiger partial charge >= 0.3 is 0 Å². The van der Waals surface area contributed by atoms with Crippen LogP contribution in [0.4, 0.5) is 0 Å². The summed E-state index contributed by atoms with van der Waals surface area (Å²) in [5.74, 6) is -0.0268. The number of hydrogen-bond donors (Lipinski definition) is 1. The minimum Gasteiger partial charge on any atom is -0.349 e. The van der Waals surface area contributed by atoms with E-state index in [1.54, 1.807) is 30.9 Å². The third-order valence-electron chi connectivity index (χ3n) is 5.76. The van der Waals surface area contributed by atoms with Crippen molar-refractivity contribution in [2.75, 3.05) is 0 Å². The highest BCUT2D eigenvalue weighted by Crippen LogP contribution is 2.29. The fourth-order valence-corrected chi connectivity index (χ4v) is 4.16. The number of carbonyl (C=O) groups is 1. The van der Waals surface area contributed by atoms with Crippen molar-refractivity contribution >= 4 is 16.8 Å². The molecule has 30 heavy (non-hydrogen) atoms. The van der Waals surface area contributed by atoms with Gasteiger partial charge in [-0.2, -0.15) is 5.10 Å². The van der Waals surface area contributed by atoms with E-state index >= 15 is 0 Å². The first-order valence-corrected chi connectivity index (χ1v) is 10.2. The molecule has 1 aliphatic carbocycles. The van der Waals surface area contributed by atoms with E-state index in [1.807, 2.05) is 41.3 Å². The molecule has 0 bridgehead atoms. The van der Waals surface area contributed by atoms with Crippen molar-refractivity contribution in [3.8, 4) is 11.3 Å². The van der Waals surface area contributed by atoms with Gasteiger partial charge in [-0.15, -0.1) is 0 Å². The molecule has 1 N–H and O–H groups in total. The molecular formula is C23H22N6O. The van der Waals surface area contributed by atoms with Crippen LogP contribution in [0, 0.1) is 0 Å². The number of nitrogens with one attached hydrogen (secondary N) is 1. The van der Waals surface area contributed by atoms with Crippen LogP contribution in [-0.2, 0) is 0 Å². The molecule has 1 saturated carbocycles. The van der Waals surface area contributed by atoms with Crippen molar-refractivity contribution in [2.45, 2.75) is 37.8 Å². The number of nitrogens with zero attached hydrogens (tertiary/aromatic N) is 5. The summed E-state index contributed by atoms with van der Waals surface area (Å²) in [6.45, 7) is 0. The quantitative estimate of drug-likeness (QED) is 0.565. The van der Waals surface area contributed by atoms with Gasteiger partial charge in [0.05, 0.1) is 35.2 Å². The normalized spacial score (nSPS) is 18.9. The van der Waals surface area contributed by atoms with Gasteiger partial charge in [-0.1, -0.05) is 18.2 Å². The lowest BCUT2D eigenvalue weighted by Gasteiger charge is -2.29. The van der Waals surface area contributed by atoms with Crippen molar-refractivity contribution < 1.29 is 4.79 Å². The molecule has 0 unspecified atom stereocenters. The van der Waals surface area contributed by atoms with Crippen molar-refractivity contribution in [1.82, 2.24) is 30.0 Å². The molecule has 1 fully saturated rings. The monoisotopic (exact) mass is 398 g/mol. The lowest BCUT2D eigenvalue weighted by atomic mass is 9.91. The van der Waals surface area contributed by atoms with Crippen LogP contribution in [0.25, 0.3) is 22.2 Å². The van der Waals surface area contributed by atoms with Crippen LogP contribution in [0.2, 0.25) is 0 Å². The molecule has 5 rings (SSSR count). The summed E-state index contributed by atoms with van der Waals surface area (Å²) in [5.41, 5.74) is 3.33. The Labute approximate surface area is 174 Å². The Kier molecular flexibility index (Phi) is 4.93. The zero-order valence-electron chi connectivity index (χ0n) is 16.5. The van der Waals surface area contributed by atoms with E-state index in [4.69, 9.17) is 0 Å². The van der Waals surface area contributed by atoms with Gasteiger partial charge in [0.2, 0.25) is 0 Å². The van der Waals surface area contributed by atoms with E-state index in [9.17, 15) is 4.79 Å². The van der Waals surface area contributed by atoms with Crippen LogP contribution >= 0.6 is 0 Å². The average Bonchev–Trinajstić information content (AvgIpc) is 3.30. The molecule has 7 heteroatoms. The van der Waals surface area contributed by atoms with Crippen molar-refractivity contribution in [2.24, 2.45) is 0 Å². The van der Waals surface area contributed by atoms with E-state index in [0.717, 1.165) is 47.8 Å². The van der Waals surface area contributed by atoms with Crippen molar-refractivity contribution in [3.05, 3.63) is 73.1 Å². The first kappa shape index (κ1) is 18.4. The maximum atomic E-state index is 12.9. The lowest BCUT2D eigenvalue weighted by molar-refractivity contribution is 0.0923. The van der Waals surface area contributed by atoms with Gasteiger partial charge in [-0.05, 0) is 37.8 Å². The second-order valence-corrected chi connectivity index (χ2v) is 7.65. The van der Waals surface area contributed by atoms with Gasteiger partial charge in [0.25, 0.3) is 5.91 Å². The summed E-state index contributed by atoms with van der Waals surface area (Å²) in [6.07, 6.45) is 14.5. The van der Waals surface area contributed by atoms with E-state index < -0.39 is 0 Å². The van der Waals surface area contributed by atoms with Gasteiger partial charge in [0, 0.05) is 41.8 Å². The van der Waals surface area contributed by atoms with Crippen LogP contribution in [0.1, 0.15) is 42.1 Å². The number of amides is 1. The summed E-state index contributed by atoms with van der Waals surface area (Å²) in [7, 11) is 0.